The van der Waals surface area contributed by atoms with Gasteiger partial charge in [0.2, 0.25) is 5.91 Å². The van der Waals surface area contributed by atoms with E-state index >= 15 is 0 Å². The molecule has 0 aromatic carbocycles. The van der Waals surface area contributed by atoms with Crippen LogP contribution in [0.25, 0.3) is 0 Å². The molecule has 2 aliphatic heterocycles. The summed E-state index contributed by atoms with van der Waals surface area (Å²) in [6.07, 6.45) is 0. The van der Waals surface area contributed by atoms with E-state index in [4.69, 9.17) is 5.73 Å². The Morgan fingerprint density at radius 1 is 1.22 bits per heavy atom. The number of carbonyl (C=O) groups excluding carboxylic acids is 2. The van der Waals surface area contributed by atoms with Crippen molar-refractivity contribution in [2.75, 3.05) is 39.5 Å². The Balaban J connectivity index is 2.24. The third-order valence-electron chi connectivity index (χ3n) is 3.97. The number of carbonyl (C=O) groups is 2. The van der Waals surface area contributed by atoms with Gasteiger partial charge in [-0.15, -0.1) is 0 Å². The number of rotatable bonds is 3. The molecule has 2 saturated heterocycles. The summed E-state index contributed by atoms with van der Waals surface area (Å²) in [6.45, 7) is 6.10. The van der Waals surface area contributed by atoms with E-state index in [0.717, 1.165) is 0 Å². The predicted molar refractivity (Wildman–Crippen MR) is 65.5 cm³/mol. The van der Waals surface area contributed by atoms with Gasteiger partial charge in [0.05, 0.1) is 24.1 Å². The monoisotopic (exact) mass is 255 g/mol. The van der Waals surface area contributed by atoms with Gasteiger partial charge < -0.3 is 10.8 Å². The number of hydrogen-bond donors (Lipinski definition) is 2. The summed E-state index contributed by atoms with van der Waals surface area (Å²) in [5, 5.41) is 9.30. The maximum absolute atomic E-state index is 12.5. The minimum Gasteiger partial charge on any atom is -0.381 e. The molecule has 2 unspecified atom stereocenters. The summed E-state index contributed by atoms with van der Waals surface area (Å²) >= 11 is 0. The van der Waals surface area contributed by atoms with E-state index in [1.54, 1.807) is 0 Å². The molecule has 102 valence electrons. The zero-order valence-corrected chi connectivity index (χ0v) is 11.0. The number of fused-ring (bicyclic) bond motifs is 2. The van der Waals surface area contributed by atoms with Crippen LogP contribution < -0.4 is 5.73 Å². The van der Waals surface area contributed by atoms with Gasteiger partial charge in [-0.1, -0.05) is 13.8 Å². The summed E-state index contributed by atoms with van der Waals surface area (Å²) in [5.74, 6) is -0.131. The number of nitrogens with two attached hydrogens (primary N) is 1. The van der Waals surface area contributed by atoms with Crippen LogP contribution in [0.5, 0.6) is 0 Å². The first-order valence-electron chi connectivity index (χ1n) is 6.18. The molecule has 2 fully saturated rings. The molecule has 0 saturated carbocycles. The molecular weight excluding hydrogens is 234 g/mol. The van der Waals surface area contributed by atoms with Crippen molar-refractivity contribution in [2.45, 2.75) is 13.8 Å². The molecule has 0 radical (unpaired) electrons. The SMILES string of the molecule is CC12CN(CO)CC(C)(CN(CC(N)=O)C1)C2=O. The normalized spacial score (nSPS) is 37.8. The molecule has 3 N–H and O–H groups in total. The van der Waals surface area contributed by atoms with Gasteiger partial charge >= 0.3 is 0 Å². The number of hydrogen-bond acceptors (Lipinski definition) is 5. The third kappa shape index (κ3) is 2.15. The van der Waals surface area contributed by atoms with Crippen molar-refractivity contribution in [1.29, 1.82) is 0 Å². The summed E-state index contributed by atoms with van der Waals surface area (Å²) in [5.41, 5.74) is 4.18. The van der Waals surface area contributed by atoms with Gasteiger partial charge in [0, 0.05) is 26.2 Å². The summed E-state index contributed by atoms with van der Waals surface area (Å²) in [7, 11) is 0. The summed E-state index contributed by atoms with van der Waals surface area (Å²) < 4.78 is 0. The van der Waals surface area contributed by atoms with Gasteiger partial charge in [0.1, 0.15) is 5.78 Å². The minimum atomic E-state index is -0.524. The standard InChI is InChI=1S/C12H21N3O3/c1-11-4-14(3-9(13)17)5-12(2,10(11)18)7-15(6-11)8-16/h16H,3-8H2,1-2H3,(H2,13,17). The molecule has 2 bridgehead atoms. The number of nitrogens with zero attached hydrogens (tertiary/aromatic N) is 2. The van der Waals surface area contributed by atoms with Gasteiger partial charge in [-0.2, -0.15) is 0 Å². The molecule has 2 aliphatic rings. The van der Waals surface area contributed by atoms with Crippen LogP contribution in [-0.2, 0) is 9.59 Å². The molecule has 1 amide bonds. The molecule has 2 atom stereocenters. The molecule has 2 rings (SSSR count). The number of Topliss-reactive ketones (excluding diaryl/α,β-unsaturated/α-hetero) is 1. The van der Waals surface area contributed by atoms with E-state index < -0.39 is 10.8 Å². The molecule has 6 nitrogen and oxygen atoms in total. The van der Waals surface area contributed by atoms with Crippen LogP contribution in [0.2, 0.25) is 0 Å². The smallest absolute Gasteiger partial charge is 0.231 e. The Hall–Kier alpha value is -0.980. The van der Waals surface area contributed by atoms with Crippen LogP contribution in [0.1, 0.15) is 13.8 Å². The second kappa shape index (κ2) is 4.29. The highest BCUT2D eigenvalue weighted by molar-refractivity contribution is 5.92. The number of amides is 1. The van der Waals surface area contributed by atoms with Gasteiger partial charge in [0.25, 0.3) is 0 Å². The number of ketones is 1. The number of primary amides is 1. The van der Waals surface area contributed by atoms with Crippen molar-refractivity contribution in [3.05, 3.63) is 0 Å². The van der Waals surface area contributed by atoms with Crippen LogP contribution in [-0.4, -0.2) is 66.1 Å². The molecule has 6 heteroatoms. The number of aliphatic hydroxyl groups excluding tert-OH is 1. The number of likely N-dealkylation sites (tertiary alicyclic amines) is 2. The highest BCUT2D eigenvalue weighted by Gasteiger charge is 2.55. The lowest BCUT2D eigenvalue weighted by Gasteiger charge is -2.54. The van der Waals surface area contributed by atoms with E-state index in [2.05, 4.69) is 0 Å². The molecule has 0 spiro atoms. The lowest BCUT2D eigenvalue weighted by Crippen LogP contribution is -2.68. The van der Waals surface area contributed by atoms with E-state index in [0.29, 0.717) is 26.2 Å². The van der Waals surface area contributed by atoms with Crippen molar-refractivity contribution in [3.8, 4) is 0 Å². The lowest BCUT2D eigenvalue weighted by atomic mass is 9.64. The average Bonchev–Trinajstić information content (AvgIpc) is 2.22. The van der Waals surface area contributed by atoms with Crippen LogP contribution in [0.3, 0.4) is 0 Å². The third-order valence-corrected chi connectivity index (χ3v) is 3.97. The topological polar surface area (TPSA) is 86.9 Å². The lowest BCUT2D eigenvalue weighted by molar-refractivity contribution is -0.161. The largest absolute Gasteiger partial charge is 0.381 e. The zero-order chi connectivity index (χ0) is 13.6. The van der Waals surface area contributed by atoms with E-state index in [1.807, 2.05) is 23.6 Å². The molecule has 18 heavy (non-hydrogen) atoms. The number of piperidine rings is 2. The summed E-state index contributed by atoms with van der Waals surface area (Å²) in [4.78, 5) is 27.4. The maximum atomic E-state index is 12.5. The van der Waals surface area contributed by atoms with Gasteiger partial charge in [-0.3, -0.25) is 19.4 Å². The van der Waals surface area contributed by atoms with Gasteiger partial charge in [-0.05, 0) is 0 Å². The Morgan fingerprint density at radius 2 is 1.67 bits per heavy atom. The molecule has 0 aromatic rings. The first-order valence-corrected chi connectivity index (χ1v) is 6.18. The van der Waals surface area contributed by atoms with Crippen LogP contribution in [0, 0.1) is 10.8 Å². The van der Waals surface area contributed by atoms with Gasteiger partial charge in [-0.25, -0.2) is 0 Å². The maximum Gasteiger partial charge on any atom is 0.231 e. The Morgan fingerprint density at radius 3 is 2.06 bits per heavy atom. The van der Waals surface area contributed by atoms with Crippen LogP contribution in [0.15, 0.2) is 0 Å². The second-order valence-corrected chi connectivity index (χ2v) is 6.19. The van der Waals surface area contributed by atoms with Crippen molar-refractivity contribution in [1.82, 2.24) is 9.80 Å². The van der Waals surface area contributed by atoms with Crippen molar-refractivity contribution in [3.63, 3.8) is 0 Å². The van der Waals surface area contributed by atoms with Crippen molar-refractivity contribution >= 4 is 11.7 Å². The van der Waals surface area contributed by atoms with Crippen molar-refractivity contribution < 1.29 is 14.7 Å². The first-order chi connectivity index (χ1) is 8.29. The van der Waals surface area contributed by atoms with Crippen molar-refractivity contribution in [2.24, 2.45) is 16.6 Å². The fourth-order valence-corrected chi connectivity index (χ4v) is 3.63. The van der Waals surface area contributed by atoms with E-state index in [9.17, 15) is 14.7 Å². The van der Waals surface area contributed by atoms with Crippen LogP contribution >= 0.6 is 0 Å². The van der Waals surface area contributed by atoms with Crippen LogP contribution in [0.4, 0.5) is 0 Å². The Kier molecular flexibility index (Phi) is 3.21. The second-order valence-electron chi connectivity index (χ2n) is 6.19. The quantitative estimate of drug-likeness (QED) is 0.650. The molecule has 0 aromatic heterocycles. The van der Waals surface area contributed by atoms with E-state index in [1.165, 1.54) is 0 Å². The Labute approximate surface area is 107 Å². The number of aliphatic hydroxyl groups is 1. The summed E-state index contributed by atoms with van der Waals surface area (Å²) in [6, 6.07) is 0. The minimum absolute atomic E-state index is 0.0335. The fraction of sp³-hybridized carbons (Fsp3) is 0.833. The predicted octanol–water partition coefficient (Wildman–Crippen LogP) is -1.37. The molecule has 0 aliphatic carbocycles. The molecule has 2 heterocycles. The zero-order valence-electron chi connectivity index (χ0n) is 11.0. The molecular formula is C12H21N3O3. The van der Waals surface area contributed by atoms with Gasteiger partial charge in [0.15, 0.2) is 0 Å². The fourth-order valence-electron chi connectivity index (χ4n) is 3.63. The highest BCUT2D eigenvalue weighted by atomic mass is 16.3. The highest BCUT2D eigenvalue weighted by Crippen LogP contribution is 2.41. The van der Waals surface area contributed by atoms with E-state index in [-0.39, 0.29) is 25.0 Å². The Bertz CT molecular complexity index is 363. The first kappa shape index (κ1) is 13.5. The average molecular weight is 255 g/mol.